The molecule has 1 aliphatic heterocycles. The minimum atomic E-state index is -0.885. The van der Waals surface area contributed by atoms with E-state index in [0.717, 1.165) is 13.0 Å². The predicted octanol–water partition coefficient (Wildman–Crippen LogP) is 1.16. The molecule has 0 spiro atoms. The lowest BCUT2D eigenvalue weighted by molar-refractivity contribution is -0.141. The van der Waals surface area contributed by atoms with E-state index in [1.807, 2.05) is 13.8 Å². The molecular formula is C13H24N2O4. The number of carboxylic acids is 1. The zero-order valence-corrected chi connectivity index (χ0v) is 11.9. The Balaban J connectivity index is 2.38. The van der Waals surface area contributed by atoms with Crippen molar-refractivity contribution in [3.05, 3.63) is 0 Å². The Bertz CT molecular complexity index is 322. The smallest absolute Gasteiger partial charge is 0.317 e. The lowest BCUT2D eigenvalue weighted by Crippen LogP contribution is -2.45. The van der Waals surface area contributed by atoms with Crippen LogP contribution in [-0.4, -0.2) is 54.4 Å². The molecular weight excluding hydrogens is 248 g/mol. The summed E-state index contributed by atoms with van der Waals surface area (Å²) in [7, 11) is 0. The van der Waals surface area contributed by atoms with Gasteiger partial charge in [-0.25, -0.2) is 4.79 Å². The average Bonchev–Trinajstić information content (AvgIpc) is 2.78. The Hall–Kier alpha value is -1.30. The van der Waals surface area contributed by atoms with Gasteiger partial charge in [0.2, 0.25) is 0 Å². The first-order valence-electron chi connectivity index (χ1n) is 6.82. The van der Waals surface area contributed by atoms with Crippen LogP contribution in [0.15, 0.2) is 0 Å². The number of hydrogen-bond acceptors (Lipinski definition) is 3. The van der Waals surface area contributed by atoms with Gasteiger partial charge in [0, 0.05) is 32.2 Å². The summed E-state index contributed by atoms with van der Waals surface area (Å²) >= 11 is 0. The number of nitrogens with zero attached hydrogens (tertiary/aromatic N) is 1. The first kappa shape index (κ1) is 15.8. The van der Waals surface area contributed by atoms with Gasteiger partial charge in [0.05, 0.1) is 12.0 Å². The van der Waals surface area contributed by atoms with Crippen LogP contribution >= 0.6 is 0 Å². The van der Waals surface area contributed by atoms with Gasteiger partial charge < -0.3 is 20.1 Å². The van der Waals surface area contributed by atoms with Crippen LogP contribution in [0.4, 0.5) is 4.79 Å². The molecule has 19 heavy (non-hydrogen) atoms. The monoisotopic (exact) mass is 272 g/mol. The molecule has 1 rings (SSSR count). The normalized spacial score (nSPS) is 23.9. The van der Waals surface area contributed by atoms with Crippen LogP contribution in [-0.2, 0) is 9.53 Å². The lowest BCUT2D eigenvalue weighted by Gasteiger charge is -2.24. The van der Waals surface area contributed by atoms with Gasteiger partial charge in [-0.15, -0.1) is 0 Å². The van der Waals surface area contributed by atoms with E-state index < -0.39 is 11.9 Å². The van der Waals surface area contributed by atoms with E-state index in [4.69, 9.17) is 9.84 Å². The minimum absolute atomic E-state index is 0.174. The van der Waals surface area contributed by atoms with Crippen LogP contribution in [0.2, 0.25) is 0 Å². The van der Waals surface area contributed by atoms with Crippen molar-refractivity contribution in [1.29, 1.82) is 0 Å². The van der Waals surface area contributed by atoms with E-state index in [1.165, 1.54) is 4.90 Å². The summed E-state index contributed by atoms with van der Waals surface area (Å²) in [6.07, 6.45) is 1.13. The van der Waals surface area contributed by atoms with E-state index in [-0.39, 0.29) is 18.7 Å². The van der Waals surface area contributed by atoms with E-state index >= 15 is 0 Å². The molecule has 0 radical (unpaired) electrons. The van der Waals surface area contributed by atoms with Crippen LogP contribution in [0.3, 0.4) is 0 Å². The number of rotatable bonds is 6. The van der Waals surface area contributed by atoms with Gasteiger partial charge in [-0.2, -0.15) is 0 Å². The van der Waals surface area contributed by atoms with Gasteiger partial charge in [-0.05, 0) is 20.3 Å². The summed E-state index contributed by atoms with van der Waals surface area (Å²) in [6, 6.07) is -0.199. The van der Waals surface area contributed by atoms with E-state index in [2.05, 4.69) is 5.32 Å². The van der Waals surface area contributed by atoms with Crippen LogP contribution < -0.4 is 5.32 Å². The Kier molecular flexibility index (Phi) is 6.08. The summed E-state index contributed by atoms with van der Waals surface area (Å²) in [5.41, 5.74) is 0. The second kappa shape index (κ2) is 7.33. The number of ether oxygens (including phenoxy) is 1. The molecule has 1 aliphatic rings. The summed E-state index contributed by atoms with van der Waals surface area (Å²) in [5.74, 6) is -1.09. The number of carboxylic acid groups (broad SMARTS) is 1. The number of urea groups is 1. The molecule has 6 heteroatoms. The molecule has 110 valence electrons. The topological polar surface area (TPSA) is 78.9 Å². The van der Waals surface area contributed by atoms with Crippen molar-refractivity contribution in [2.45, 2.75) is 33.3 Å². The van der Waals surface area contributed by atoms with Crippen molar-refractivity contribution in [1.82, 2.24) is 10.2 Å². The average molecular weight is 272 g/mol. The van der Waals surface area contributed by atoms with Gasteiger partial charge in [0.1, 0.15) is 0 Å². The van der Waals surface area contributed by atoms with Crippen LogP contribution in [0.5, 0.6) is 0 Å². The molecule has 0 aliphatic carbocycles. The third-order valence-corrected chi connectivity index (χ3v) is 3.63. The fourth-order valence-corrected chi connectivity index (χ4v) is 2.14. The summed E-state index contributed by atoms with van der Waals surface area (Å²) < 4.78 is 5.44. The van der Waals surface area contributed by atoms with Crippen LogP contribution in [0.25, 0.3) is 0 Å². The summed E-state index contributed by atoms with van der Waals surface area (Å²) in [6.45, 7) is 7.51. The zero-order valence-electron chi connectivity index (χ0n) is 11.9. The highest BCUT2D eigenvalue weighted by Crippen LogP contribution is 2.19. The first-order chi connectivity index (χ1) is 8.95. The summed E-state index contributed by atoms with van der Waals surface area (Å²) in [5, 5.41) is 11.7. The highest BCUT2D eigenvalue weighted by atomic mass is 16.5. The molecule has 0 aromatic heterocycles. The number of nitrogens with one attached hydrogen (secondary N) is 1. The fraction of sp³-hybridized carbons (Fsp3) is 0.846. The van der Waals surface area contributed by atoms with Crippen LogP contribution in [0.1, 0.15) is 27.2 Å². The number of amides is 2. The van der Waals surface area contributed by atoms with Gasteiger partial charge in [0.25, 0.3) is 0 Å². The van der Waals surface area contributed by atoms with Gasteiger partial charge in [-0.1, -0.05) is 6.92 Å². The molecule has 0 aromatic carbocycles. The second-order valence-electron chi connectivity index (χ2n) is 5.09. The maximum atomic E-state index is 12.0. The van der Waals surface area contributed by atoms with Gasteiger partial charge in [-0.3, -0.25) is 4.79 Å². The molecule has 6 nitrogen and oxygen atoms in total. The molecule has 3 atom stereocenters. The molecule has 0 bridgehead atoms. The molecule has 1 fully saturated rings. The lowest BCUT2D eigenvalue weighted by atomic mass is 10.0. The predicted molar refractivity (Wildman–Crippen MR) is 71.0 cm³/mol. The number of aliphatic carboxylic acids is 1. The van der Waals surface area contributed by atoms with Crippen molar-refractivity contribution in [3.8, 4) is 0 Å². The molecule has 1 heterocycles. The van der Waals surface area contributed by atoms with Crippen molar-refractivity contribution in [2.24, 2.45) is 11.8 Å². The van der Waals surface area contributed by atoms with Crippen molar-refractivity contribution in [2.75, 3.05) is 26.2 Å². The maximum absolute atomic E-state index is 12.0. The summed E-state index contributed by atoms with van der Waals surface area (Å²) in [4.78, 5) is 24.3. The maximum Gasteiger partial charge on any atom is 0.317 e. The Labute approximate surface area is 114 Å². The van der Waals surface area contributed by atoms with E-state index in [9.17, 15) is 9.59 Å². The molecule has 3 unspecified atom stereocenters. The third kappa shape index (κ3) is 4.70. The largest absolute Gasteiger partial charge is 0.481 e. The molecule has 0 saturated carbocycles. The molecule has 2 N–H and O–H groups in total. The SMILES string of the molecule is CCN(CC(C)C(=O)O)C(=O)NCC1CCOC1C. The quantitative estimate of drug-likeness (QED) is 0.760. The van der Waals surface area contributed by atoms with Gasteiger partial charge in [0.15, 0.2) is 0 Å². The Morgan fingerprint density at radius 2 is 2.21 bits per heavy atom. The van der Waals surface area contributed by atoms with Crippen molar-refractivity contribution in [3.63, 3.8) is 0 Å². The van der Waals surface area contributed by atoms with Crippen LogP contribution in [0, 0.1) is 11.8 Å². The number of hydrogen-bond donors (Lipinski definition) is 2. The third-order valence-electron chi connectivity index (χ3n) is 3.63. The molecule has 0 aromatic rings. The Morgan fingerprint density at radius 1 is 1.53 bits per heavy atom. The standard InChI is InChI=1S/C13H24N2O4/c1-4-15(8-9(2)12(16)17)13(18)14-7-11-5-6-19-10(11)3/h9-11H,4-8H2,1-3H3,(H,14,18)(H,16,17). The van der Waals surface area contributed by atoms with Gasteiger partial charge >= 0.3 is 12.0 Å². The number of carbonyl (C=O) groups excluding carboxylic acids is 1. The first-order valence-corrected chi connectivity index (χ1v) is 6.82. The molecule has 1 saturated heterocycles. The highest BCUT2D eigenvalue weighted by Gasteiger charge is 2.25. The highest BCUT2D eigenvalue weighted by molar-refractivity contribution is 5.75. The fourth-order valence-electron chi connectivity index (χ4n) is 2.14. The molecule has 2 amide bonds. The Morgan fingerprint density at radius 3 is 2.68 bits per heavy atom. The zero-order chi connectivity index (χ0) is 14.4. The van der Waals surface area contributed by atoms with Crippen molar-refractivity contribution >= 4 is 12.0 Å². The number of carbonyl (C=O) groups is 2. The van der Waals surface area contributed by atoms with E-state index in [0.29, 0.717) is 19.0 Å². The second-order valence-corrected chi connectivity index (χ2v) is 5.09. The van der Waals surface area contributed by atoms with E-state index in [1.54, 1.807) is 6.92 Å². The van der Waals surface area contributed by atoms with Crippen molar-refractivity contribution < 1.29 is 19.4 Å². The minimum Gasteiger partial charge on any atom is -0.481 e.